The van der Waals surface area contributed by atoms with Gasteiger partial charge in [-0.15, -0.1) is 5.11 Å². The van der Waals surface area contributed by atoms with Gasteiger partial charge in [-0.2, -0.15) is 16.1 Å². The average molecular weight is 210 g/mol. The van der Waals surface area contributed by atoms with Gasteiger partial charge in [0.2, 0.25) is 5.82 Å². The van der Waals surface area contributed by atoms with Crippen LogP contribution >= 0.6 is 0 Å². The Morgan fingerprint density at radius 2 is 1.88 bits per heavy atom. The molecule has 1 aromatic rings. The first kappa shape index (κ1) is 9.69. The molecule has 1 aliphatic heterocycles. The number of anilines is 1. The van der Waals surface area contributed by atoms with Crippen molar-refractivity contribution in [3.8, 4) is 12.1 Å². The normalized spacial score (nSPS) is 12.9. The first-order valence-corrected chi connectivity index (χ1v) is 4.43. The van der Waals surface area contributed by atoms with Crippen molar-refractivity contribution >= 4 is 5.69 Å². The molecule has 1 aromatic carbocycles. The van der Waals surface area contributed by atoms with Crippen molar-refractivity contribution in [2.24, 2.45) is 10.3 Å². The molecule has 0 amide bonds. The number of rotatable bonds is 1. The van der Waals surface area contributed by atoms with Crippen molar-refractivity contribution < 1.29 is 0 Å². The molecule has 0 unspecified atom stereocenters. The van der Waals surface area contributed by atoms with Crippen LogP contribution in [-0.4, -0.2) is 0 Å². The summed E-state index contributed by atoms with van der Waals surface area (Å²) in [4.78, 5) is 0. The summed E-state index contributed by atoms with van der Waals surface area (Å²) in [5.41, 5.74) is 3.27. The number of nitriles is 2. The summed E-state index contributed by atoms with van der Waals surface area (Å²) in [6.07, 6.45) is 0. The molecular formula is C10H6N6. The third kappa shape index (κ3) is 1.56. The number of hydrogen-bond acceptors (Lipinski definition) is 6. The molecule has 0 atom stereocenters. The van der Waals surface area contributed by atoms with Crippen LogP contribution in [0.3, 0.4) is 0 Å². The van der Waals surface area contributed by atoms with Gasteiger partial charge in [0, 0.05) is 0 Å². The van der Waals surface area contributed by atoms with E-state index in [9.17, 15) is 0 Å². The molecule has 1 heterocycles. The predicted octanol–water partition coefficient (Wildman–Crippen LogP) is 1.64. The van der Waals surface area contributed by atoms with Crippen LogP contribution in [0.15, 0.2) is 52.1 Å². The third-order valence-electron chi connectivity index (χ3n) is 1.96. The Labute approximate surface area is 91.7 Å². The van der Waals surface area contributed by atoms with E-state index < -0.39 is 0 Å². The van der Waals surface area contributed by atoms with Crippen LogP contribution in [0, 0.1) is 22.7 Å². The number of hydrazine groups is 1. The monoisotopic (exact) mass is 210 g/mol. The van der Waals surface area contributed by atoms with Crippen LogP contribution in [0.25, 0.3) is 0 Å². The molecule has 6 nitrogen and oxygen atoms in total. The summed E-state index contributed by atoms with van der Waals surface area (Å²) in [6.45, 7) is 0. The van der Waals surface area contributed by atoms with E-state index in [0.717, 1.165) is 5.69 Å². The summed E-state index contributed by atoms with van der Waals surface area (Å²) in [7, 11) is 0. The van der Waals surface area contributed by atoms with Crippen LogP contribution in [-0.2, 0) is 0 Å². The fourth-order valence-electron chi connectivity index (χ4n) is 1.25. The Morgan fingerprint density at radius 1 is 1.19 bits per heavy atom. The minimum absolute atomic E-state index is 0.0856. The van der Waals surface area contributed by atoms with Gasteiger partial charge in [-0.05, 0) is 12.1 Å². The van der Waals surface area contributed by atoms with Crippen molar-refractivity contribution in [3.63, 3.8) is 0 Å². The second-order valence-electron chi connectivity index (χ2n) is 2.89. The van der Waals surface area contributed by atoms with E-state index in [2.05, 4.69) is 15.9 Å². The Morgan fingerprint density at radius 3 is 2.50 bits per heavy atom. The highest BCUT2D eigenvalue weighted by Crippen LogP contribution is 2.22. The fourth-order valence-corrected chi connectivity index (χ4v) is 1.25. The molecule has 1 aliphatic rings. The Bertz CT molecular complexity index is 515. The van der Waals surface area contributed by atoms with E-state index in [0.29, 0.717) is 0 Å². The molecule has 0 spiro atoms. The Hall–Kier alpha value is -2.86. The number of nitrogens with zero attached hydrogens (tertiary/aromatic N) is 5. The zero-order valence-electron chi connectivity index (χ0n) is 8.12. The highest BCUT2D eigenvalue weighted by molar-refractivity contribution is 5.55. The number of allylic oxidation sites excluding steroid dienone is 1. The number of para-hydroxylation sites is 1. The van der Waals surface area contributed by atoms with Gasteiger partial charge in [-0.3, -0.25) is 0 Å². The van der Waals surface area contributed by atoms with Crippen molar-refractivity contribution in [2.75, 3.05) is 5.01 Å². The number of nitrogens with one attached hydrogen (secondary N) is 1. The van der Waals surface area contributed by atoms with E-state index in [1.807, 2.05) is 30.3 Å². The SMILES string of the molecule is N#CC(C#N)=C1N=NNN1c1ccccc1. The molecule has 0 fully saturated rings. The van der Waals surface area contributed by atoms with Gasteiger partial charge in [0.1, 0.15) is 12.1 Å². The molecule has 0 saturated carbocycles. The fraction of sp³-hybridized carbons (Fsp3) is 0. The summed E-state index contributed by atoms with van der Waals surface area (Å²) in [5, 5.41) is 26.3. The van der Waals surface area contributed by atoms with E-state index >= 15 is 0 Å². The van der Waals surface area contributed by atoms with Gasteiger partial charge in [-0.25, -0.2) is 5.01 Å². The van der Waals surface area contributed by atoms with Gasteiger partial charge in [0.25, 0.3) is 0 Å². The smallest absolute Gasteiger partial charge is 0.206 e. The summed E-state index contributed by atoms with van der Waals surface area (Å²) >= 11 is 0. The number of benzene rings is 1. The number of hydrogen-bond donors (Lipinski definition) is 1. The van der Waals surface area contributed by atoms with E-state index in [1.54, 1.807) is 12.1 Å². The summed E-state index contributed by atoms with van der Waals surface area (Å²) in [5.74, 6) is 0.205. The lowest BCUT2D eigenvalue weighted by Crippen LogP contribution is -2.28. The van der Waals surface area contributed by atoms with Crippen molar-refractivity contribution in [1.82, 2.24) is 5.53 Å². The highest BCUT2D eigenvalue weighted by Gasteiger charge is 2.20. The second-order valence-corrected chi connectivity index (χ2v) is 2.89. The quantitative estimate of drug-likeness (QED) is 0.713. The van der Waals surface area contributed by atoms with Crippen LogP contribution in [0.2, 0.25) is 0 Å². The first-order valence-electron chi connectivity index (χ1n) is 4.43. The minimum atomic E-state index is -0.0856. The van der Waals surface area contributed by atoms with Crippen molar-refractivity contribution in [3.05, 3.63) is 41.7 Å². The summed E-state index contributed by atoms with van der Waals surface area (Å²) in [6, 6.07) is 12.7. The van der Waals surface area contributed by atoms with Crippen molar-refractivity contribution in [2.45, 2.75) is 0 Å². The molecule has 2 rings (SSSR count). The molecule has 0 aliphatic carbocycles. The zero-order valence-corrected chi connectivity index (χ0v) is 8.12. The van der Waals surface area contributed by atoms with E-state index in [1.165, 1.54) is 5.01 Å². The van der Waals surface area contributed by atoms with E-state index in [-0.39, 0.29) is 11.4 Å². The van der Waals surface area contributed by atoms with Crippen LogP contribution in [0.1, 0.15) is 0 Å². The van der Waals surface area contributed by atoms with Crippen LogP contribution < -0.4 is 10.5 Å². The lowest BCUT2D eigenvalue weighted by molar-refractivity contribution is 0.772. The Kier molecular flexibility index (Phi) is 2.49. The van der Waals surface area contributed by atoms with Crippen LogP contribution in [0.5, 0.6) is 0 Å². The largest absolute Gasteiger partial charge is 0.217 e. The molecule has 0 bridgehead atoms. The van der Waals surface area contributed by atoms with Gasteiger partial charge in [0.05, 0.1) is 5.69 Å². The maximum Gasteiger partial charge on any atom is 0.206 e. The zero-order chi connectivity index (χ0) is 11.4. The van der Waals surface area contributed by atoms with E-state index in [4.69, 9.17) is 10.5 Å². The van der Waals surface area contributed by atoms with Crippen LogP contribution in [0.4, 0.5) is 5.69 Å². The predicted molar refractivity (Wildman–Crippen MR) is 55.2 cm³/mol. The molecule has 0 aromatic heterocycles. The molecule has 1 N–H and O–H groups in total. The van der Waals surface area contributed by atoms with Gasteiger partial charge in [-0.1, -0.05) is 23.4 Å². The van der Waals surface area contributed by atoms with Gasteiger partial charge >= 0.3 is 0 Å². The maximum absolute atomic E-state index is 8.76. The summed E-state index contributed by atoms with van der Waals surface area (Å²) < 4.78 is 0. The highest BCUT2D eigenvalue weighted by atomic mass is 15.8. The maximum atomic E-state index is 8.76. The average Bonchev–Trinajstić information content (AvgIpc) is 2.81. The van der Waals surface area contributed by atoms with Gasteiger partial charge < -0.3 is 0 Å². The molecule has 0 radical (unpaired) electrons. The molecule has 16 heavy (non-hydrogen) atoms. The Balaban J connectivity index is 2.44. The topological polar surface area (TPSA) is 87.6 Å². The third-order valence-corrected chi connectivity index (χ3v) is 1.96. The molecule has 6 heteroatoms. The molecule has 76 valence electrons. The van der Waals surface area contributed by atoms with Gasteiger partial charge in [0.15, 0.2) is 5.57 Å². The molecular weight excluding hydrogens is 204 g/mol. The second kappa shape index (κ2) is 4.11. The standard InChI is InChI=1S/C10H6N6/c11-6-8(7-12)10-13-14-15-16(10)9-4-2-1-3-5-9/h1-5H,(H,13,15). The van der Waals surface area contributed by atoms with Crippen molar-refractivity contribution in [1.29, 1.82) is 10.5 Å². The molecule has 0 saturated heterocycles. The lowest BCUT2D eigenvalue weighted by Gasteiger charge is -2.15. The minimum Gasteiger partial charge on any atom is -0.217 e. The lowest BCUT2D eigenvalue weighted by atomic mass is 10.3. The first-order chi connectivity index (χ1) is 7.86.